The van der Waals surface area contributed by atoms with Crippen LogP contribution in [0.1, 0.15) is 17.7 Å². The summed E-state index contributed by atoms with van der Waals surface area (Å²) in [5, 5.41) is 19.9. The second kappa shape index (κ2) is 5.28. The van der Waals surface area contributed by atoms with Crippen LogP contribution in [-0.2, 0) is 9.63 Å². The van der Waals surface area contributed by atoms with E-state index < -0.39 is 6.10 Å². The van der Waals surface area contributed by atoms with Gasteiger partial charge in [0.05, 0.1) is 5.71 Å². The van der Waals surface area contributed by atoms with Gasteiger partial charge in [0.1, 0.15) is 11.5 Å². The zero-order valence-electron chi connectivity index (χ0n) is 11.2. The number of oxime groups is 1. The number of amides is 1. The maximum absolute atomic E-state index is 12.0. The van der Waals surface area contributed by atoms with E-state index in [2.05, 4.69) is 15.6 Å². The Hall–Kier alpha value is -2.83. The quantitative estimate of drug-likeness (QED) is 0.897. The topological polar surface area (TPSA) is 97.0 Å². The molecular weight excluding hydrogens is 274 g/mol. The number of aryl methyl sites for hydroxylation is 1. The number of hydrogen-bond acceptors (Lipinski definition) is 6. The summed E-state index contributed by atoms with van der Waals surface area (Å²) >= 11 is 0. The first kappa shape index (κ1) is 13.2. The molecular formula is C14H13N3O4. The standard InChI is InChI=1S/C14H13N3O4/c1-8-6-13(17-20-8)15-14(19)12-7-10(16-21-12)9-4-2-3-5-11(9)18/h2-6,12,18H,7H2,1H3,(H,15,17,19). The number of nitrogens with one attached hydrogen (secondary N) is 1. The highest BCUT2D eigenvalue weighted by Gasteiger charge is 2.30. The van der Waals surface area contributed by atoms with Crippen LogP contribution in [0.25, 0.3) is 0 Å². The first-order valence-corrected chi connectivity index (χ1v) is 6.39. The summed E-state index contributed by atoms with van der Waals surface area (Å²) in [5.74, 6) is 0.673. The minimum absolute atomic E-state index is 0.105. The molecule has 1 atom stereocenters. The van der Waals surface area contributed by atoms with Crippen LogP contribution in [0.15, 0.2) is 40.0 Å². The second-order valence-electron chi connectivity index (χ2n) is 4.67. The van der Waals surface area contributed by atoms with E-state index in [9.17, 15) is 9.90 Å². The molecule has 2 aromatic rings. The maximum Gasteiger partial charge on any atom is 0.269 e. The number of para-hydroxylation sites is 1. The van der Waals surface area contributed by atoms with Gasteiger partial charge >= 0.3 is 0 Å². The Morgan fingerprint density at radius 2 is 2.24 bits per heavy atom. The lowest BCUT2D eigenvalue weighted by Crippen LogP contribution is -2.28. The smallest absolute Gasteiger partial charge is 0.269 e. The first-order chi connectivity index (χ1) is 10.1. The van der Waals surface area contributed by atoms with Crippen molar-refractivity contribution in [3.63, 3.8) is 0 Å². The van der Waals surface area contributed by atoms with Gasteiger partial charge in [0.25, 0.3) is 5.91 Å². The summed E-state index contributed by atoms with van der Waals surface area (Å²) < 4.78 is 4.87. The summed E-state index contributed by atoms with van der Waals surface area (Å²) in [7, 11) is 0. The van der Waals surface area contributed by atoms with Crippen molar-refractivity contribution in [2.24, 2.45) is 5.16 Å². The normalized spacial score (nSPS) is 17.2. The molecule has 0 saturated heterocycles. The van der Waals surface area contributed by atoms with E-state index in [-0.39, 0.29) is 18.1 Å². The van der Waals surface area contributed by atoms with E-state index in [4.69, 9.17) is 9.36 Å². The SMILES string of the molecule is Cc1cc(NC(=O)C2CC(c3ccccc3O)=NO2)no1. The highest BCUT2D eigenvalue weighted by atomic mass is 16.6. The van der Waals surface area contributed by atoms with Crippen LogP contribution < -0.4 is 5.32 Å². The van der Waals surface area contributed by atoms with Gasteiger partial charge in [-0.3, -0.25) is 4.79 Å². The van der Waals surface area contributed by atoms with Crippen molar-refractivity contribution in [2.45, 2.75) is 19.4 Å². The fourth-order valence-corrected chi connectivity index (χ4v) is 2.03. The molecule has 0 aliphatic carbocycles. The van der Waals surface area contributed by atoms with Crippen molar-refractivity contribution in [2.75, 3.05) is 5.32 Å². The summed E-state index contributed by atoms with van der Waals surface area (Å²) in [5.41, 5.74) is 1.09. The number of nitrogens with zero attached hydrogens (tertiary/aromatic N) is 2. The number of carbonyl (C=O) groups excluding carboxylic acids is 1. The van der Waals surface area contributed by atoms with Crippen molar-refractivity contribution >= 4 is 17.4 Å². The highest BCUT2D eigenvalue weighted by Crippen LogP contribution is 2.24. The van der Waals surface area contributed by atoms with Crippen LogP contribution in [0, 0.1) is 6.92 Å². The molecule has 1 aliphatic heterocycles. The van der Waals surface area contributed by atoms with E-state index in [0.29, 0.717) is 22.9 Å². The van der Waals surface area contributed by atoms with Crippen molar-refractivity contribution < 1.29 is 19.3 Å². The average molecular weight is 287 g/mol. The molecule has 2 heterocycles. The molecule has 1 aliphatic rings. The molecule has 0 radical (unpaired) electrons. The third-order valence-electron chi connectivity index (χ3n) is 3.06. The minimum Gasteiger partial charge on any atom is -0.507 e. The number of aromatic hydroxyl groups is 1. The van der Waals surface area contributed by atoms with Crippen LogP contribution in [0.5, 0.6) is 5.75 Å². The third kappa shape index (κ3) is 2.71. The highest BCUT2D eigenvalue weighted by molar-refractivity contribution is 6.07. The van der Waals surface area contributed by atoms with Gasteiger partial charge in [-0.2, -0.15) is 0 Å². The van der Waals surface area contributed by atoms with Gasteiger partial charge in [0, 0.05) is 18.1 Å². The maximum atomic E-state index is 12.0. The van der Waals surface area contributed by atoms with Crippen molar-refractivity contribution in [1.82, 2.24) is 5.16 Å². The second-order valence-corrected chi connectivity index (χ2v) is 4.67. The number of phenolic OH excluding ortho intramolecular Hbond substituents is 1. The fourth-order valence-electron chi connectivity index (χ4n) is 2.03. The minimum atomic E-state index is -0.753. The predicted octanol–water partition coefficient (Wildman–Crippen LogP) is 1.82. The molecule has 3 rings (SSSR count). The molecule has 1 unspecified atom stereocenters. The van der Waals surface area contributed by atoms with E-state index in [0.717, 1.165) is 0 Å². The number of carbonyl (C=O) groups is 1. The Kier molecular flexibility index (Phi) is 3.31. The third-order valence-corrected chi connectivity index (χ3v) is 3.06. The van der Waals surface area contributed by atoms with E-state index >= 15 is 0 Å². The Labute approximate surface area is 120 Å². The van der Waals surface area contributed by atoms with Gasteiger partial charge in [-0.1, -0.05) is 22.4 Å². The lowest BCUT2D eigenvalue weighted by atomic mass is 10.0. The molecule has 0 saturated carbocycles. The van der Waals surface area contributed by atoms with Gasteiger partial charge in [0.2, 0.25) is 6.10 Å². The van der Waals surface area contributed by atoms with Gasteiger partial charge in [-0.15, -0.1) is 0 Å². The van der Waals surface area contributed by atoms with Crippen LogP contribution in [0.3, 0.4) is 0 Å². The van der Waals surface area contributed by atoms with E-state index in [1.165, 1.54) is 0 Å². The van der Waals surface area contributed by atoms with Gasteiger partial charge in [-0.05, 0) is 19.1 Å². The van der Waals surface area contributed by atoms with Gasteiger partial charge in [0.15, 0.2) is 5.82 Å². The predicted molar refractivity (Wildman–Crippen MR) is 74.0 cm³/mol. The van der Waals surface area contributed by atoms with Crippen LogP contribution in [0.4, 0.5) is 5.82 Å². The molecule has 7 nitrogen and oxygen atoms in total. The van der Waals surface area contributed by atoms with Crippen LogP contribution in [-0.4, -0.2) is 28.0 Å². The molecule has 1 aromatic carbocycles. The zero-order chi connectivity index (χ0) is 14.8. The molecule has 0 spiro atoms. The Balaban J connectivity index is 1.66. The largest absolute Gasteiger partial charge is 0.507 e. The zero-order valence-corrected chi connectivity index (χ0v) is 11.2. The lowest BCUT2D eigenvalue weighted by molar-refractivity contribution is -0.125. The van der Waals surface area contributed by atoms with Crippen LogP contribution in [0.2, 0.25) is 0 Å². The molecule has 1 aromatic heterocycles. The summed E-state index contributed by atoms with van der Waals surface area (Å²) in [6, 6.07) is 8.38. The first-order valence-electron chi connectivity index (χ1n) is 6.39. The molecule has 0 fully saturated rings. The number of hydrogen-bond donors (Lipinski definition) is 2. The van der Waals surface area contributed by atoms with E-state index in [1.54, 1.807) is 37.3 Å². The summed E-state index contributed by atoms with van der Waals surface area (Å²) in [4.78, 5) is 17.2. The average Bonchev–Trinajstić information content (AvgIpc) is 3.09. The summed E-state index contributed by atoms with van der Waals surface area (Å²) in [6.45, 7) is 1.73. The monoisotopic (exact) mass is 287 g/mol. The lowest BCUT2D eigenvalue weighted by Gasteiger charge is -2.07. The number of phenols is 1. The molecule has 7 heteroatoms. The summed E-state index contributed by atoms with van der Waals surface area (Å²) in [6.07, 6.45) is -0.475. The van der Waals surface area contributed by atoms with Crippen molar-refractivity contribution in [1.29, 1.82) is 0 Å². The molecule has 108 valence electrons. The number of rotatable bonds is 3. The van der Waals surface area contributed by atoms with Crippen LogP contribution >= 0.6 is 0 Å². The Bertz CT molecular complexity index is 708. The Morgan fingerprint density at radius 1 is 1.43 bits per heavy atom. The number of aromatic nitrogens is 1. The Morgan fingerprint density at radius 3 is 2.95 bits per heavy atom. The van der Waals surface area contributed by atoms with Gasteiger partial charge in [-0.25, -0.2) is 0 Å². The van der Waals surface area contributed by atoms with Crippen molar-refractivity contribution in [3.05, 3.63) is 41.7 Å². The molecule has 1 amide bonds. The molecule has 0 bridgehead atoms. The fraction of sp³-hybridized carbons (Fsp3) is 0.214. The van der Waals surface area contributed by atoms with Gasteiger partial charge < -0.3 is 19.8 Å². The van der Waals surface area contributed by atoms with E-state index in [1.807, 2.05) is 0 Å². The van der Waals surface area contributed by atoms with Crippen molar-refractivity contribution in [3.8, 4) is 5.75 Å². The number of anilines is 1. The number of benzene rings is 1. The molecule has 21 heavy (non-hydrogen) atoms. The molecule has 2 N–H and O–H groups in total.